The molecule has 0 saturated carbocycles. The highest BCUT2D eigenvalue weighted by molar-refractivity contribution is 7.99. The molecule has 1 atom stereocenters. The summed E-state index contributed by atoms with van der Waals surface area (Å²) in [5.74, 6) is 1.74. The van der Waals surface area contributed by atoms with Crippen molar-refractivity contribution in [2.45, 2.75) is 30.4 Å². The van der Waals surface area contributed by atoms with Crippen LogP contribution < -0.4 is 10.1 Å². The van der Waals surface area contributed by atoms with E-state index in [1.54, 1.807) is 18.9 Å². The van der Waals surface area contributed by atoms with Crippen LogP contribution in [0.15, 0.2) is 24.3 Å². The minimum Gasteiger partial charge on any atom is -0.497 e. The van der Waals surface area contributed by atoms with Crippen molar-refractivity contribution in [2.24, 2.45) is 0 Å². The number of ether oxygens (including phenoxy) is 1. The first-order valence-electron chi connectivity index (χ1n) is 5.93. The van der Waals surface area contributed by atoms with Crippen molar-refractivity contribution in [1.82, 2.24) is 5.32 Å². The van der Waals surface area contributed by atoms with Crippen molar-refractivity contribution in [3.63, 3.8) is 0 Å². The molecule has 1 rings (SSSR count). The molecule has 100 valence electrons. The molecular formula is C14H21NO2S. The second-order valence-electron chi connectivity index (χ2n) is 4.64. The quantitative estimate of drug-likeness (QED) is 0.770. The van der Waals surface area contributed by atoms with E-state index in [-0.39, 0.29) is 10.8 Å². The molecule has 1 N–H and O–H groups in total. The van der Waals surface area contributed by atoms with Gasteiger partial charge in [0.05, 0.1) is 13.2 Å². The van der Waals surface area contributed by atoms with E-state index in [2.05, 4.69) is 31.3 Å². The van der Waals surface area contributed by atoms with Gasteiger partial charge in [-0.25, -0.2) is 0 Å². The summed E-state index contributed by atoms with van der Waals surface area (Å²) in [6.07, 6.45) is 0.973. The molecule has 0 fully saturated rings. The average Bonchev–Trinajstić information content (AvgIpc) is 2.38. The Morgan fingerprint density at radius 3 is 2.44 bits per heavy atom. The van der Waals surface area contributed by atoms with Gasteiger partial charge >= 0.3 is 0 Å². The molecule has 0 aliphatic rings. The molecular weight excluding hydrogens is 246 g/mol. The number of hydrogen-bond donors (Lipinski definition) is 1. The highest BCUT2D eigenvalue weighted by Gasteiger charge is 2.28. The number of carbonyl (C=O) groups excluding carboxylic acids is 1. The summed E-state index contributed by atoms with van der Waals surface area (Å²) < 4.78 is 5.00. The zero-order chi connectivity index (χ0) is 13.6. The lowest BCUT2D eigenvalue weighted by molar-refractivity contribution is -0.109. The first kappa shape index (κ1) is 15.1. The van der Waals surface area contributed by atoms with Crippen LogP contribution >= 0.6 is 11.8 Å². The Morgan fingerprint density at radius 2 is 2.00 bits per heavy atom. The van der Waals surface area contributed by atoms with E-state index in [1.807, 2.05) is 19.2 Å². The fourth-order valence-corrected chi connectivity index (χ4v) is 2.74. The number of aldehydes is 1. The lowest BCUT2D eigenvalue weighted by atomic mass is 10.1. The lowest BCUT2D eigenvalue weighted by Gasteiger charge is -2.29. The predicted molar refractivity (Wildman–Crippen MR) is 77.3 cm³/mol. The number of benzene rings is 1. The first-order chi connectivity index (χ1) is 8.53. The van der Waals surface area contributed by atoms with Crippen LogP contribution in [0.25, 0.3) is 0 Å². The van der Waals surface area contributed by atoms with Crippen molar-refractivity contribution in [2.75, 3.05) is 14.2 Å². The number of rotatable bonds is 7. The smallest absolute Gasteiger partial charge is 0.138 e. The van der Waals surface area contributed by atoms with Crippen LogP contribution in [-0.2, 0) is 10.5 Å². The van der Waals surface area contributed by atoms with Crippen LogP contribution in [0.5, 0.6) is 5.75 Å². The van der Waals surface area contributed by atoms with Gasteiger partial charge in [0.2, 0.25) is 0 Å². The zero-order valence-corrected chi connectivity index (χ0v) is 12.2. The summed E-state index contributed by atoms with van der Waals surface area (Å²) >= 11 is 1.77. The van der Waals surface area contributed by atoms with Crippen LogP contribution in [0, 0.1) is 0 Å². The van der Waals surface area contributed by atoms with E-state index in [0.29, 0.717) is 0 Å². The fourth-order valence-electron chi connectivity index (χ4n) is 1.66. The number of nitrogens with one attached hydrogen (secondary N) is 1. The summed E-state index contributed by atoms with van der Waals surface area (Å²) in [6, 6.07) is 7.88. The van der Waals surface area contributed by atoms with E-state index in [0.717, 1.165) is 17.8 Å². The van der Waals surface area contributed by atoms with E-state index in [1.165, 1.54) is 5.56 Å². The third kappa shape index (κ3) is 4.03. The largest absolute Gasteiger partial charge is 0.497 e. The summed E-state index contributed by atoms with van der Waals surface area (Å²) in [5.41, 5.74) is 1.23. The highest BCUT2D eigenvalue weighted by Crippen LogP contribution is 2.31. The summed E-state index contributed by atoms with van der Waals surface area (Å²) in [7, 11) is 3.48. The van der Waals surface area contributed by atoms with Crippen molar-refractivity contribution < 1.29 is 9.53 Å². The SMILES string of the molecule is CN[C@H](C=O)C(C)(C)SCc1ccc(OC)cc1. The Kier molecular flexibility index (Phi) is 5.69. The molecule has 0 amide bonds. The third-order valence-corrected chi connectivity index (χ3v) is 4.44. The van der Waals surface area contributed by atoms with Crippen molar-refractivity contribution in [3.8, 4) is 5.75 Å². The van der Waals surface area contributed by atoms with Gasteiger partial charge in [0, 0.05) is 10.5 Å². The van der Waals surface area contributed by atoms with Crippen LogP contribution in [-0.4, -0.2) is 31.2 Å². The van der Waals surface area contributed by atoms with Gasteiger partial charge in [-0.05, 0) is 38.6 Å². The van der Waals surface area contributed by atoms with Crippen LogP contribution in [0.2, 0.25) is 0 Å². The van der Waals surface area contributed by atoms with E-state index >= 15 is 0 Å². The van der Waals surface area contributed by atoms with E-state index in [9.17, 15) is 4.79 Å². The molecule has 0 aliphatic carbocycles. The summed E-state index contributed by atoms with van der Waals surface area (Å²) in [5, 5.41) is 3.04. The minimum absolute atomic E-state index is 0.129. The number of hydrogen-bond acceptors (Lipinski definition) is 4. The van der Waals surface area contributed by atoms with Crippen molar-refractivity contribution in [3.05, 3.63) is 29.8 Å². The Balaban J connectivity index is 2.60. The molecule has 18 heavy (non-hydrogen) atoms. The maximum atomic E-state index is 11.0. The topological polar surface area (TPSA) is 38.3 Å². The van der Waals surface area contributed by atoms with Gasteiger partial charge in [-0.15, -0.1) is 11.8 Å². The van der Waals surface area contributed by atoms with E-state index < -0.39 is 0 Å². The summed E-state index contributed by atoms with van der Waals surface area (Å²) in [6.45, 7) is 4.16. The fraction of sp³-hybridized carbons (Fsp3) is 0.500. The van der Waals surface area contributed by atoms with Gasteiger partial charge < -0.3 is 14.8 Å². The third-order valence-electron chi connectivity index (χ3n) is 2.97. The Hall–Kier alpha value is -1.00. The second kappa shape index (κ2) is 6.81. The standard InChI is InChI=1S/C14H21NO2S/c1-14(2,13(9-16)15-3)18-10-11-5-7-12(17-4)8-6-11/h5-9,13,15H,10H2,1-4H3/t13-/m1/s1. The number of methoxy groups -OCH3 is 1. The Morgan fingerprint density at radius 1 is 1.39 bits per heavy atom. The first-order valence-corrected chi connectivity index (χ1v) is 6.91. The van der Waals surface area contributed by atoms with E-state index in [4.69, 9.17) is 4.74 Å². The normalized spacial score (nSPS) is 13.1. The molecule has 1 aromatic carbocycles. The van der Waals surface area contributed by atoms with Crippen LogP contribution in [0.4, 0.5) is 0 Å². The molecule has 4 heteroatoms. The zero-order valence-electron chi connectivity index (χ0n) is 11.4. The molecule has 1 aromatic rings. The molecule has 0 aliphatic heterocycles. The average molecular weight is 267 g/mol. The molecule has 0 heterocycles. The number of thioether (sulfide) groups is 1. The molecule has 3 nitrogen and oxygen atoms in total. The van der Waals surface area contributed by atoms with Gasteiger partial charge in [-0.1, -0.05) is 12.1 Å². The molecule has 0 unspecified atom stereocenters. The van der Waals surface area contributed by atoms with Crippen LogP contribution in [0.1, 0.15) is 19.4 Å². The minimum atomic E-state index is -0.138. The number of likely N-dealkylation sites (N-methyl/N-ethyl adjacent to an activating group) is 1. The maximum absolute atomic E-state index is 11.0. The molecule has 0 aromatic heterocycles. The Labute approximate surface area is 113 Å². The van der Waals surface area contributed by atoms with Gasteiger partial charge in [0.1, 0.15) is 12.0 Å². The monoisotopic (exact) mass is 267 g/mol. The molecule has 0 spiro atoms. The lowest BCUT2D eigenvalue weighted by Crippen LogP contribution is -2.44. The van der Waals surface area contributed by atoms with Gasteiger partial charge in [-0.2, -0.15) is 0 Å². The maximum Gasteiger partial charge on any atom is 0.138 e. The van der Waals surface area contributed by atoms with Gasteiger partial charge in [0.25, 0.3) is 0 Å². The Bertz CT molecular complexity index is 376. The second-order valence-corrected chi connectivity index (χ2v) is 6.27. The van der Waals surface area contributed by atoms with Crippen LogP contribution in [0.3, 0.4) is 0 Å². The van der Waals surface area contributed by atoms with Gasteiger partial charge in [-0.3, -0.25) is 0 Å². The molecule has 0 radical (unpaired) electrons. The van der Waals surface area contributed by atoms with Gasteiger partial charge in [0.15, 0.2) is 0 Å². The highest BCUT2D eigenvalue weighted by atomic mass is 32.2. The van der Waals surface area contributed by atoms with Crippen molar-refractivity contribution in [1.29, 1.82) is 0 Å². The van der Waals surface area contributed by atoms with Crippen molar-refractivity contribution >= 4 is 18.0 Å². The summed E-state index contributed by atoms with van der Waals surface area (Å²) in [4.78, 5) is 11.0. The molecule has 0 bridgehead atoms. The molecule has 0 saturated heterocycles. The predicted octanol–water partition coefficient (Wildman–Crippen LogP) is 2.49. The number of carbonyl (C=O) groups is 1.